The first kappa shape index (κ1) is 24.7. The van der Waals surface area contributed by atoms with Gasteiger partial charge in [-0.05, 0) is 50.1 Å². The van der Waals surface area contributed by atoms with E-state index >= 15 is 0 Å². The quantitative estimate of drug-likeness (QED) is 0.517. The smallest absolute Gasteiger partial charge is 0.340 e. The van der Waals surface area contributed by atoms with Crippen LogP contribution in [-0.4, -0.2) is 30.9 Å². The zero-order chi connectivity index (χ0) is 21.1. The van der Waals surface area contributed by atoms with Crippen molar-refractivity contribution >= 4 is 37.8 Å². The topological polar surface area (TPSA) is 55.8 Å². The standard InChI is InChI=1S/C8H6BrFO2.C7H6BrFO.C5H10O/c1-12-8(11)6-3-2-5(9)4-7(6)10;8-6-2-1-5(4-10)7(9)3-6;1-5-3-2-4-6-5/h2-4H,1H3;1-3,10H,4H2;5H,2-4H2,1H3. The van der Waals surface area contributed by atoms with Crippen LogP contribution in [0.4, 0.5) is 8.78 Å². The highest BCUT2D eigenvalue weighted by Crippen LogP contribution is 2.16. The number of methoxy groups -OCH3 is 1. The van der Waals surface area contributed by atoms with Gasteiger partial charge in [-0.25, -0.2) is 13.6 Å². The molecule has 2 aromatic rings. The van der Waals surface area contributed by atoms with Crippen LogP contribution in [0.1, 0.15) is 35.7 Å². The van der Waals surface area contributed by atoms with Crippen LogP contribution in [0, 0.1) is 11.6 Å². The largest absolute Gasteiger partial charge is 0.465 e. The monoisotopic (exact) mass is 522 g/mol. The fraction of sp³-hybridized carbons (Fsp3) is 0.350. The van der Waals surface area contributed by atoms with Crippen LogP contribution in [0.5, 0.6) is 0 Å². The predicted molar refractivity (Wildman–Crippen MR) is 110 cm³/mol. The second kappa shape index (κ2) is 13.0. The van der Waals surface area contributed by atoms with Gasteiger partial charge in [0, 0.05) is 21.1 Å². The molecule has 0 amide bonds. The van der Waals surface area contributed by atoms with Gasteiger partial charge in [-0.2, -0.15) is 0 Å². The van der Waals surface area contributed by atoms with E-state index in [4.69, 9.17) is 9.84 Å². The minimum atomic E-state index is -0.667. The molecular weight excluding hydrogens is 502 g/mol. The second-order valence-electron chi connectivity index (χ2n) is 5.83. The fourth-order valence-electron chi connectivity index (χ4n) is 2.15. The van der Waals surface area contributed by atoms with Crippen LogP contribution >= 0.6 is 31.9 Å². The number of esters is 1. The Morgan fingerprint density at radius 2 is 1.79 bits per heavy atom. The fourth-order valence-corrected chi connectivity index (χ4v) is 2.82. The highest BCUT2D eigenvalue weighted by Gasteiger charge is 2.11. The van der Waals surface area contributed by atoms with E-state index in [-0.39, 0.29) is 18.0 Å². The van der Waals surface area contributed by atoms with Crippen molar-refractivity contribution in [3.05, 3.63) is 68.1 Å². The Labute approximate surface area is 180 Å². The molecule has 0 aromatic heterocycles. The Morgan fingerprint density at radius 1 is 1.18 bits per heavy atom. The van der Waals surface area contributed by atoms with Crippen LogP contribution in [0.25, 0.3) is 0 Å². The van der Waals surface area contributed by atoms with E-state index < -0.39 is 11.8 Å². The van der Waals surface area contributed by atoms with Gasteiger partial charge in [0.2, 0.25) is 0 Å². The molecule has 1 saturated heterocycles. The van der Waals surface area contributed by atoms with Crippen molar-refractivity contribution in [3.8, 4) is 0 Å². The second-order valence-corrected chi connectivity index (χ2v) is 7.66. The van der Waals surface area contributed by atoms with Crippen LogP contribution in [0.3, 0.4) is 0 Å². The lowest BCUT2D eigenvalue weighted by Crippen LogP contribution is -2.03. The number of benzene rings is 2. The molecule has 1 heterocycles. The SMILES string of the molecule is CC1CCCO1.COC(=O)c1ccc(Br)cc1F.OCc1ccc(Br)cc1F. The molecule has 1 fully saturated rings. The summed E-state index contributed by atoms with van der Waals surface area (Å²) >= 11 is 6.18. The molecule has 28 heavy (non-hydrogen) atoms. The first-order chi connectivity index (χ1) is 13.3. The van der Waals surface area contributed by atoms with Gasteiger partial charge in [0.25, 0.3) is 0 Å². The van der Waals surface area contributed by atoms with Gasteiger partial charge in [-0.3, -0.25) is 0 Å². The van der Waals surface area contributed by atoms with Crippen LogP contribution in [0.15, 0.2) is 45.3 Å². The van der Waals surface area contributed by atoms with Crippen LogP contribution in [-0.2, 0) is 16.1 Å². The number of aliphatic hydroxyl groups excluding tert-OH is 1. The van der Waals surface area contributed by atoms with Crippen molar-refractivity contribution < 1.29 is 28.2 Å². The van der Waals surface area contributed by atoms with Gasteiger partial charge in [0.05, 0.1) is 25.4 Å². The molecule has 1 unspecified atom stereocenters. The van der Waals surface area contributed by atoms with Gasteiger partial charge in [-0.1, -0.05) is 37.9 Å². The zero-order valence-corrected chi connectivity index (χ0v) is 18.7. The first-order valence-electron chi connectivity index (χ1n) is 8.48. The Hall–Kier alpha value is -1.35. The highest BCUT2D eigenvalue weighted by molar-refractivity contribution is 9.10. The van der Waals surface area contributed by atoms with Crippen molar-refractivity contribution in [2.24, 2.45) is 0 Å². The first-order valence-corrected chi connectivity index (χ1v) is 10.1. The van der Waals surface area contributed by atoms with Crippen molar-refractivity contribution in [3.63, 3.8) is 0 Å². The molecule has 0 bridgehead atoms. The minimum Gasteiger partial charge on any atom is -0.465 e. The molecule has 0 radical (unpaired) electrons. The summed E-state index contributed by atoms with van der Waals surface area (Å²) in [7, 11) is 1.21. The number of hydrogen-bond acceptors (Lipinski definition) is 4. The summed E-state index contributed by atoms with van der Waals surface area (Å²) in [5, 5.41) is 8.55. The number of carbonyl (C=O) groups excluding carboxylic acids is 1. The Bertz CT molecular complexity index is 766. The molecule has 8 heteroatoms. The van der Waals surface area contributed by atoms with Gasteiger partial charge in [0.1, 0.15) is 11.6 Å². The zero-order valence-electron chi connectivity index (χ0n) is 15.6. The molecule has 0 aliphatic carbocycles. The van der Waals surface area contributed by atoms with Gasteiger partial charge < -0.3 is 14.6 Å². The number of rotatable bonds is 2. The Morgan fingerprint density at radius 3 is 2.18 bits per heavy atom. The van der Waals surface area contributed by atoms with E-state index in [1.54, 1.807) is 18.2 Å². The summed E-state index contributed by atoms with van der Waals surface area (Å²) in [6.07, 6.45) is 3.08. The van der Waals surface area contributed by atoms with E-state index in [0.29, 0.717) is 20.6 Å². The third-order valence-electron chi connectivity index (χ3n) is 3.68. The number of halogens is 4. The third kappa shape index (κ3) is 8.77. The van der Waals surface area contributed by atoms with E-state index in [0.717, 1.165) is 6.61 Å². The maximum Gasteiger partial charge on any atom is 0.340 e. The number of hydrogen-bond donors (Lipinski definition) is 1. The summed E-state index contributed by atoms with van der Waals surface area (Å²) in [5.74, 6) is -1.63. The molecule has 3 rings (SSSR count). The third-order valence-corrected chi connectivity index (χ3v) is 4.67. The maximum atomic E-state index is 13.0. The Balaban J connectivity index is 0.000000221. The molecule has 0 saturated carbocycles. The molecular formula is C20H22Br2F2O4. The highest BCUT2D eigenvalue weighted by atomic mass is 79.9. The average Bonchev–Trinajstić information content (AvgIpc) is 3.13. The molecule has 1 atom stereocenters. The van der Waals surface area contributed by atoms with E-state index in [2.05, 4.69) is 43.5 Å². The lowest BCUT2D eigenvalue weighted by Gasteiger charge is -2.00. The van der Waals surface area contributed by atoms with Crippen molar-refractivity contribution in [1.82, 2.24) is 0 Å². The van der Waals surface area contributed by atoms with E-state index in [9.17, 15) is 13.6 Å². The number of aliphatic hydroxyl groups is 1. The molecule has 2 aromatic carbocycles. The predicted octanol–water partition coefficient (Wildman–Crippen LogP) is 5.64. The summed E-state index contributed by atoms with van der Waals surface area (Å²) in [5.41, 5.74) is 0.268. The lowest BCUT2D eigenvalue weighted by atomic mass is 10.2. The summed E-state index contributed by atoms with van der Waals surface area (Å²) in [6, 6.07) is 8.71. The minimum absolute atomic E-state index is 0.0549. The van der Waals surface area contributed by atoms with E-state index in [1.165, 1.54) is 38.2 Å². The maximum absolute atomic E-state index is 13.0. The molecule has 1 aliphatic rings. The molecule has 0 spiro atoms. The molecule has 1 N–H and O–H groups in total. The van der Waals surface area contributed by atoms with Gasteiger partial charge in [0.15, 0.2) is 0 Å². The summed E-state index contributed by atoms with van der Waals surface area (Å²) < 4.78 is 36.4. The summed E-state index contributed by atoms with van der Waals surface area (Å²) in [6.45, 7) is 2.85. The normalized spacial score (nSPS) is 15.0. The molecule has 154 valence electrons. The Kier molecular flexibility index (Phi) is 11.4. The molecule has 4 nitrogen and oxygen atoms in total. The van der Waals surface area contributed by atoms with Crippen molar-refractivity contribution in [1.29, 1.82) is 0 Å². The molecule has 1 aliphatic heterocycles. The average molecular weight is 524 g/mol. The summed E-state index contributed by atoms with van der Waals surface area (Å²) in [4.78, 5) is 10.9. The van der Waals surface area contributed by atoms with Gasteiger partial charge in [-0.15, -0.1) is 0 Å². The lowest BCUT2D eigenvalue weighted by molar-refractivity contribution is 0.0595. The van der Waals surface area contributed by atoms with Crippen molar-refractivity contribution in [2.45, 2.75) is 32.5 Å². The van der Waals surface area contributed by atoms with E-state index in [1.807, 2.05) is 0 Å². The van der Waals surface area contributed by atoms with Crippen LogP contribution < -0.4 is 0 Å². The van der Waals surface area contributed by atoms with Crippen molar-refractivity contribution in [2.75, 3.05) is 13.7 Å². The van der Waals surface area contributed by atoms with Crippen LogP contribution in [0.2, 0.25) is 0 Å². The number of ether oxygens (including phenoxy) is 2. The van der Waals surface area contributed by atoms with Gasteiger partial charge >= 0.3 is 5.97 Å². The number of carbonyl (C=O) groups is 1.